The maximum absolute atomic E-state index is 10.0. The Labute approximate surface area is 141 Å². The zero-order valence-corrected chi connectivity index (χ0v) is 14.4. The molecule has 0 aliphatic carbocycles. The third kappa shape index (κ3) is 3.71. The Kier molecular flexibility index (Phi) is 4.97. The summed E-state index contributed by atoms with van der Waals surface area (Å²) in [5.74, 6) is -0.758. The standard InChI is InChI=1S/C17H23ClO5/c1-17(2)22-14(15(23-17)16(19)20-3)9-13-12-5-4-11(18)8-10(12)6-7-21-13/h4-5,8,13-16,19H,6-7,9H2,1-3H3. The van der Waals surface area contributed by atoms with Crippen LogP contribution < -0.4 is 0 Å². The number of hydrogen-bond acceptors (Lipinski definition) is 5. The lowest BCUT2D eigenvalue weighted by molar-refractivity contribution is -0.191. The Bertz CT molecular complexity index is 562. The van der Waals surface area contributed by atoms with Gasteiger partial charge in [-0.1, -0.05) is 17.7 Å². The fourth-order valence-corrected chi connectivity index (χ4v) is 3.53. The zero-order valence-electron chi connectivity index (χ0n) is 13.6. The van der Waals surface area contributed by atoms with E-state index in [-0.39, 0.29) is 12.2 Å². The number of benzene rings is 1. The van der Waals surface area contributed by atoms with Crippen molar-refractivity contribution in [2.45, 2.75) is 57.1 Å². The van der Waals surface area contributed by atoms with E-state index in [1.165, 1.54) is 12.7 Å². The summed E-state index contributed by atoms with van der Waals surface area (Å²) in [7, 11) is 1.45. The number of hydrogen-bond donors (Lipinski definition) is 1. The lowest BCUT2D eigenvalue weighted by Crippen LogP contribution is -2.38. The highest BCUT2D eigenvalue weighted by Gasteiger charge is 2.46. The van der Waals surface area contributed by atoms with Crippen LogP contribution in [-0.2, 0) is 25.4 Å². The molecule has 5 nitrogen and oxygen atoms in total. The van der Waals surface area contributed by atoms with E-state index in [0.717, 1.165) is 17.0 Å². The molecular formula is C17H23ClO5. The molecule has 4 atom stereocenters. The van der Waals surface area contributed by atoms with E-state index in [1.807, 2.05) is 32.0 Å². The van der Waals surface area contributed by atoms with E-state index < -0.39 is 18.2 Å². The van der Waals surface area contributed by atoms with Crippen molar-refractivity contribution in [3.05, 3.63) is 34.3 Å². The van der Waals surface area contributed by atoms with E-state index >= 15 is 0 Å². The molecule has 2 aliphatic heterocycles. The van der Waals surface area contributed by atoms with Gasteiger partial charge in [0.2, 0.25) is 0 Å². The molecule has 0 bridgehead atoms. The maximum Gasteiger partial charge on any atom is 0.183 e. The van der Waals surface area contributed by atoms with Crippen molar-refractivity contribution in [2.75, 3.05) is 13.7 Å². The first-order chi connectivity index (χ1) is 10.9. The number of ether oxygens (including phenoxy) is 4. The van der Waals surface area contributed by atoms with Gasteiger partial charge in [-0.15, -0.1) is 0 Å². The number of methoxy groups -OCH3 is 1. The second kappa shape index (κ2) is 6.67. The lowest BCUT2D eigenvalue weighted by Gasteiger charge is -2.30. The predicted molar refractivity (Wildman–Crippen MR) is 85.3 cm³/mol. The number of halogens is 1. The molecule has 0 saturated carbocycles. The van der Waals surface area contributed by atoms with E-state index in [0.29, 0.717) is 13.0 Å². The first kappa shape index (κ1) is 17.1. The summed E-state index contributed by atoms with van der Waals surface area (Å²) >= 11 is 6.08. The van der Waals surface area contributed by atoms with Gasteiger partial charge in [-0.25, -0.2) is 0 Å². The molecular weight excluding hydrogens is 320 g/mol. The van der Waals surface area contributed by atoms with Crippen LogP contribution in [0.4, 0.5) is 0 Å². The second-order valence-corrected chi connectivity index (χ2v) is 6.89. The van der Waals surface area contributed by atoms with Gasteiger partial charge in [0.25, 0.3) is 0 Å². The molecule has 128 valence electrons. The van der Waals surface area contributed by atoms with Crippen LogP contribution in [0.25, 0.3) is 0 Å². The molecule has 0 radical (unpaired) electrons. The van der Waals surface area contributed by atoms with Gasteiger partial charge in [0.05, 0.1) is 18.8 Å². The summed E-state index contributed by atoms with van der Waals surface area (Å²) in [6.45, 7) is 4.31. The number of aliphatic hydroxyl groups is 1. The molecule has 23 heavy (non-hydrogen) atoms. The van der Waals surface area contributed by atoms with E-state index in [9.17, 15) is 5.11 Å². The fraction of sp³-hybridized carbons (Fsp3) is 0.647. The van der Waals surface area contributed by atoms with Crippen molar-refractivity contribution in [3.63, 3.8) is 0 Å². The summed E-state index contributed by atoms with van der Waals surface area (Å²) in [5.41, 5.74) is 2.33. The van der Waals surface area contributed by atoms with Crippen molar-refractivity contribution < 1.29 is 24.1 Å². The van der Waals surface area contributed by atoms with Gasteiger partial charge in [0, 0.05) is 18.6 Å². The van der Waals surface area contributed by atoms with Crippen LogP contribution in [0.3, 0.4) is 0 Å². The molecule has 0 amide bonds. The van der Waals surface area contributed by atoms with Crippen LogP contribution in [-0.4, -0.2) is 43.1 Å². The molecule has 1 saturated heterocycles. The van der Waals surface area contributed by atoms with Gasteiger partial charge < -0.3 is 24.1 Å². The fourth-order valence-electron chi connectivity index (χ4n) is 3.33. The van der Waals surface area contributed by atoms with Gasteiger partial charge in [-0.05, 0) is 43.5 Å². The maximum atomic E-state index is 10.0. The first-order valence-corrected chi connectivity index (χ1v) is 8.24. The predicted octanol–water partition coefficient (Wildman–Crippen LogP) is 2.83. The van der Waals surface area contributed by atoms with Crippen LogP contribution in [0.1, 0.15) is 37.5 Å². The van der Waals surface area contributed by atoms with E-state index in [1.54, 1.807) is 0 Å². The molecule has 4 unspecified atom stereocenters. The highest BCUT2D eigenvalue weighted by molar-refractivity contribution is 6.30. The Morgan fingerprint density at radius 2 is 2.17 bits per heavy atom. The van der Waals surface area contributed by atoms with Crippen molar-refractivity contribution in [2.24, 2.45) is 0 Å². The average Bonchev–Trinajstić information content (AvgIpc) is 2.81. The van der Waals surface area contributed by atoms with Crippen molar-refractivity contribution >= 4 is 11.6 Å². The molecule has 1 aromatic rings. The van der Waals surface area contributed by atoms with Crippen LogP contribution in [0.15, 0.2) is 18.2 Å². The Hall–Kier alpha value is -0.690. The molecule has 0 aromatic heterocycles. The number of aliphatic hydroxyl groups excluding tert-OH is 1. The summed E-state index contributed by atoms with van der Waals surface area (Å²) in [5, 5.41) is 10.8. The number of fused-ring (bicyclic) bond motifs is 1. The number of rotatable bonds is 4. The summed E-state index contributed by atoms with van der Waals surface area (Å²) in [6, 6.07) is 5.87. The van der Waals surface area contributed by atoms with Gasteiger partial charge in [0.15, 0.2) is 12.1 Å². The molecule has 1 aromatic carbocycles. The quantitative estimate of drug-likeness (QED) is 0.853. The first-order valence-electron chi connectivity index (χ1n) is 7.86. The second-order valence-electron chi connectivity index (χ2n) is 6.45. The summed E-state index contributed by atoms with van der Waals surface area (Å²) in [4.78, 5) is 0. The smallest absolute Gasteiger partial charge is 0.183 e. The zero-order chi connectivity index (χ0) is 16.6. The van der Waals surface area contributed by atoms with Gasteiger partial charge in [-0.3, -0.25) is 0 Å². The van der Waals surface area contributed by atoms with Gasteiger partial charge >= 0.3 is 0 Å². The minimum Gasteiger partial charge on any atom is -0.373 e. The van der Waals surface area contributed by atoms with Crippen LogP contribution in [0.5, 0.6) is 0 Å². The molecule has 1 N–H and O–H groups in total. The van der Waals surface area contributed by atoms with Gasteiger partial charge in [0.1, 0.15) is 6.10 Å². The SMILES string of the molecule is COC(O)C1OC(C)(C)OC1CC1OCCc2cc(Cl)ccc21. The van der Waals surface area contributed by atoms with E-state index in [2.05, 4.69) is 0 Å². The minimum atomic E-state index is -1.03. The Morgan fingerprint density at radius 1 is 1.39 bits per heavy atom. The van der Waals surface area contributed by atoms with Crippen LogP contribution in [0.2, 0.25) is 5.02 Å². The monoisotopic (exact) mass is 342 g/mol. The summed E-state index contributed by atoms with van der Waals surface area (Å²) in [6.07, 6.45) is -0.560. The topological polar surface area (TPSA) is 57.2 Å². The molecule has 1 fully saturated rings. The van der Waals surface area contributed by atoms with Crippen LogP contribution in [0, 0.1) is 0 Å². The molecule has 2 heterocycles. The van der Waals surface area contributed by atoms with Crippen LogP contribution >= 0.6 is 11.6 Å². The Balaban J connectivity index is 1.79. The average molecular weight is 343 g/mol. The van der Waals surface area contributed by atoms with Crippen molar-refractivity contribution in [3.8, 4) is 0 Å². The molecule has 2 aliphatic rings. The van der Waals surface area contributed by atoms with Crippen molar-refractivity contribution in [1.29, 1.82) is 0 Å². The third-order valence-electron chi connectivity index (χ3n) is 4.33. The largest absolute Gasteiger partial charge is 0.373 e. The molecule has 0 spiro atoms. The summed E-state index contributed by atoms with van der Waals surface area (Å²) < 4.78 is 22.7. The van der Waals surface area contributed by atoms with E-state index in [4.69, 9.17) is 30.5 Å². The van der Waals surface area contributed by atoms with Crippen molar-refractivity contribution in [1.82, 2.24) is 0 Å². The highest BCUT2D eigenvalue weighted by Crippen LogP contribution is 2.38. The lowest BCUT2D eigenvalue weighted by atomic mass is 9.93. The molecule has 6 heteroatoms. The minimum absolute atomic E-state index is 0.106. The highest BCUT2D eigenvalue weighted by atomic mass is 35.5. The molecule has 3 rings (SSSR count). The Morgan fingerprint density at radius 3 is 2.91 bits per heavy atom. The third-order valence-corrected chi connectivity index (χ3v) is 4.57. The van der Waals surface area contributed by atoms with Gasteiger partial charge in [-0.2, -0.15) is 0 Å². The normalized spacial score (nSPS) is 30.9.